The van der Waals surface area contributed by atoms with Crippen LogP contribution in [0.3, 0.4) is 0 Å². The van der Waals surface area contributed by atoms with Crippen molar-refractivity contribution in [1.29, 1.82) is 0 Å². The second-order valence-electron chi connectivity index (χ2n) is 5.66. The second kappa shape index (κ2) is 4.69. The Hall–Kier alpha value is -1.02. The van der Waals surface area contributed by atoms with Gasteiger partial charge in [0.2, 0.25) is 0 Å². The van der Waals surface area contributed by atoms with Gasteiger partial charge < -0.3 is 10.5 Å². The summed E-state index contributed by atoms with van der Waals surface area (Å²) in [5.74, 6) is 1.05. The largest absolute Gasteiger partial charge is 0.490 e. The van der Waals surface area contributed by atoms with E-state index in [0.717, 1.165) is 31.4 Å². The van der Waals surface area contributed by atoms with Crippen LogP contribution in [0, 0.1) is 6.92 Å². The first-order valence-corrected chi connectivity index (χ1v) is 6.55. The first kappa shape index (κ1) is 12.4. The molecule has 1 aromatic rings. The number of aryl methyl sites for hydroxylation is 1. The molecule has 2 atom stereocenters. The molecule has 2 rings (SSSR count). The summed E-state index contributed by atoms with van der Waals surface area (Å²) in [5, 5.41) is 0. The van der Waals surface area contributed by atoms with Crippen LogP contribution in [0.2, 0.25) is 0 Å². The number of nitrogens with two attached hydrogens (primary N) is 1. The fraction of sp³-hybridized carbons (Fsp3) is 0.600. The zero-order chi connectivity index (χ0) is 12.5. The van der Waals surface area contributed by atoms with Crippen molar-refractivity contribution in [2.75, 3.05) is 0 Å². The lowest BCUT2D eigenvalue weighted by atomic mass is 9.89. The van der Waals surface area contributed by atoms with Gasteiger partial charge in [-0.3, -0.25) is 0 Å². The molecule has 2 heteroatoms. The lowest BCUT2D eigenvalue weighted by Gasteiger charge is -2.27. The minimum atomic E-state index is -0.101. The first-order chi connectivity index (χ1) is 8.00. The maximum atomic E-state index is 6.29. The second-order valence-corrected chi connectivity index (χ2v) is 5.66. The lowest BCUT2D eigenvalue weighted by Crippen LogP contribution is -2.40. The van der Waals surface area contributed by atoms with Gasteiger partial charge in [0.1, 0.15) is 11.9 Å². The van der Waals surface area contributed by atoms with Gasteiger partial charge in [-0.25, -0.2) is 0 Å². The van der Waals surface area contributed by atoms with Crippen molar-refractivity contribution in [3.05, 3.63) is 29.3 Å². The summed E-state index contributed by atoms with van der Waals surface area (Å²) in [7, 11) is 0. The number of benzene rings is 1. The highest BCUT2D eigenvalue weighted by Crippen LogP contribution is 2.32. The highest BCUT2D eigenvalue weighted by molar-refractivity contribution is 5.40. The van der Waals surface area contributed by atoms with E-state index < -0.39 is 0 Å². The number of fused-ring (bicyclic) bond motifs is 1. The molecule has 2 nitrogen and oxygen atoms in total. The number of ether oxygens (including phenoxy) is 1. The van der Waals surface area contributed by atoms with Crippen LogP contribution in [-0.2, 0) is 6.42 Å². The Morgan fingerprint density at radius 2 is 2.24 bits per heavy atom. The Labute approximate surface area is 104 Å². The van der Waals surface area contributed by atoms with Crippen LogP contribution < -0.4 is 10.5 Å². The van der Waals surface area contributed by atoms with Gasteiger partial charge in [-0.15, -0.1) is 0 Å². The molecule has 0 radical (unpaired) electrons. The molecule has 0 spiro atoms. The molecule has 1 aliphatic rings. The molecule has 0 fully saturated rings. The molecule has 0 aliphatic carbocycles. The SMILES string of the molecule is CCCC(C)(N)CC1Cc2cc(C)ccc2O1. The number of rotatable bonds is 4. The fourth-order valence-electron chi connectivity index (χ4n) is 2.76. The van der Waals surface area contributed by atoms with Crippen LogP contribution >= 0.6 is 0 Å². The molecule has 0 amide bonds. The minimum Gasteiger partial charge on any atom is -0.490 e. The van der Waals surface area contributed by atoms with E-state index >= 15 is 0 Å². The number of hydrogen-bond acceptors (Lipinski definition) is 2. The van der Waals surface area contributed by atoms with E-state index in [-0.39, 0.29) is 11.6 Å². The quantitative estimate of drug-likeness (QED) is 0.866. The third-order valence-electron chi connectivity index (χ3n) is 3.47. The molecule has 0 bridgehead atoms. The van der Waals surface area contributed by atoms with Crippen molar-refractivity contribution >= 4 is 0 Å². The van der Waals surface area contributed by atoms with Crippen LogP contribution in [0.4, 0.5) is 0 Å². The highest BCUT2D eigenvalue weighted by atomic mass is 16.5. The Morgan fingerprint density at radius 1 is 1.47 bits per heavy atom. The standard InChI is InChI=1S/C15H23NO/c1-4-7-15(3,16)10-13-9-12-8-11(2)5-6-14(12)17-13/h5-6,8,13H,4,7,9-10,16H2,1-3H3. The van der Waals surface area contributed by atoms with Gasteiger partial charge in [-0.1, -0.05) is 31.0 Å². The van der Waals surface area contributed by atoms with E-state index in [1.54, 1.807) is 0 Å². The van der Waals surface area contributed by atoms with E-state index in [2.05, 4.69) is 39.0 Å². The summed E-state index contributed by atoms with van der Waals surface area (Å²) in [5.41, 5.74) is 8.83. The number of hydrogen-bond donors (Lipinski definition) is 1. The third-order valence-corrected chi connectivity index (χ3v) is 3.47. The van der Waals surface area contributed by atoms with Crippen molar-refractivity contribution < 1.29 is 4.74 Å². The van der Waals surface area contributed by atoms with E-state index in [4.69, 9.17) is 10.5 Å². The summed E-state index contributed by atoms with van der Waals surface area (Å²) in [6, 6.07) is 6.41. The van der Waals surface area contributed by atoms with Crippen molar-refractivity contribution in [3.8, 4) is 5.75 Å². The van der Waals surface area contributed by atoms with E-state index in [0.29, 0.717) is 0 Å². The zero-order valence-corrected chi connectivity index (χ0v) is 11.1. The summed E-state index contributed by atoms with van der Waals surface area (Å²) in [6.07, 6.45) is 4.39. The molecule has 94 valence electrons. The van der Waals surface area contributed by atoms with Gasteiger partial charge in [0.15, 0.2) is 0 Å². The van der Waals surface area contributed by atoms with Crippen molar-refractivity contribution in [1.82, 2.24) is 0 Å². The van der Waals surface area contributed by atoms with Gasteiger partial charge in [-0.05, 0) is 31.9 Å². The minimum absolute atomic E-state index is 0.101. The highest BCUT2D eigenvalue weighted by Gasteiger charge is 2.29. The molecule has 0 aromatic heterocycles. The van der Waals surface area contributed by atoms with E-state index in [9.17, 15) is 0 Å². The van der Waals surface area contributed by atoms with E-state index in [1.165, 1.54) is 11.1 Å². The smallest absolute Gasteiger partial charge is 0.123 e. The Kier molecular flexibility index (Phi) is 3.43. The first-order valence-electron chi connectivity index (χ1n) is 6.55. The van der Waals surface area contributed by atoms with Crippen LogP contribution in [-0.4, -0.2) is 11.6 Å². The zero-order valence-electron chi connectivity index (χ0n) is 11.1. The monoisotopic (exact) mass is 233 g/mol. The molecule has 2 N–H and O–H groups in total. The molecular formula is C15H23NO. The van der Waals surface area contributed by atoms with Gasteiger partial charge in [0.05, 0.1) is 0 Å². The van der Waals surface area contributed by atoms with Crippen LogP contribution in [0.1, 0.15) is 44.2 Å². The summed E-state index contributed by atoms with van der Waals surface area (Å²) in [4.78, 5) is 0. The van der Waals surface area contributed by atoms with Crippen LogP contribution in [0.25, 0.3) is 0 Å². The molecule has 17 heavy (non-hydrogen) atoms. The van der Waals surface area contributed by atoms with Gasteiger partial charge >= 0.3 is 0 Å². The molecular weight excluding hydrogens is 210 g/mol. The average Bonchev–Trinajstić information content (AvgIpc) is 2.57. The molecule has 0 saturated heterocycles. The summed E-state index contributed by atoms with van der Waals surface area (Å²) < 4.78 is 5.96. The Bertz CT molecular complexity index is 398. The molecule has 1 aliphatic heterocycles. The molecule has 1 heterocycles. The topological polar surface area (TPSA) is 35.2 Å². The van der Waals surface area contributed by atoms with Crippen LogP contribution in [0.5, 0.6) is 5.75 Å². The molecule has 1 aromatic carbocycles. The summed E-state index contributed by atoms with van der Waals surface area (Å²) in [6.45, 7) is 6.44. The summed E-state index contributed by atoms with van der Waals surface area (Å²) >= 11 is 0. The predicted molar refractivity (Wildman–Crippen MR) is 71.4 cm³/mol. The van der Waals surface area contributed by atoms with Gasteiger partial charge in [0, 0.05) is 18.4 Å². The maximum absolute atomic E-state index is 6.29. The van der Waals surface area contributed by atoms with Crippen molar-refractivity contribution in [2.45, 2.75) is 58.1 Å². The fourth-order valence-corrected chi connectivity index (χ4v) is 2.76. The maximum Gasteiger partial charge on any atom is 0.123 e. The van der Waals surface area contributed by atoms with Crippen molar-refractivity contribution in [2.24, 2.45) is 5.73 Å². The average molecular weight is 233 g/mol. The lowest BCUT2D eigenvalue weighted by molar-refractivity contribution is 0.180. The molecule has 0 saturated carbocycles. The molecule has 2 unspecified atom stereocenters. The predicted octanol–water partition coefficient (Wildman–Crippen LogP) is 3.21. The van der Waals surface area contributed by atoms with Crippen molar-refractivity contribution in [3.63, 3.8) is 0 Å². The normalized spacial score (nSPS) is 21.8. The van der Waals surface area contributed by atoms with Crippen LogP contribution in [0.15, 0.2) is 18.2 Å². The Morgan fingerprint density at radius 3 is 2.94 bits per heavy atom. The third kappa shape index (κ3) is 3.01. The Balaban J connectivity index is 2.01. The van der Waals surface area contributed by atoms with Gasteiger partial charge in [0.25, 0.3) is 0 Å². The van der Waals surface area contributed by atoms with Gasteiger partial charge in [-0.2, -0.15) is 0 Å². The van der Waals surface area contributed by atoms with E-state index in [1.807, 2.05) is 0 Å².